The molecule has 0 saturated heterocycles. The molecule has 1 atom stereocenters. The standard InChI is InChI=1S/C34H36FN3O7S/c1-44-29-14-8-26(9-15-29)23-38(32(34(41)36-20-5-21-39)22-25-6-3-2-4-7-25)33(40)24-45-30-16-18-31(19-17-30)46(42,43)37-28-12-10-27(35)11-13-28/h2-4,6-19,32,37,39H,5,20-24H2,1H3,(H,36,41). The summed E-state index contributed by atoms with van der Waals surface area (Å²) in [6, 6.07) is 26.0. The molecule has 0 spiro atoms. The number of aliphatic hydroxyl groups is 1. The van der Waals surface area contributed by atoms with Crippen LogP contribution in [0.1, 0.15) is 17.5 Å². The van der Waals surface area contributed by atoms with Crippen LogP contribution in [0.2, 0.25) is 0 Å². The van der Waals surface area contributed by atoms with Crippen LogP contribution in [0.5, 0.6) is 11.5 Å². The van der Waals surface area contributed by atoms with Gasteiger partial charge in [-0.1, -0.05) is 42.5 Å². The number of nitrogens with one attached hydrogen (secondary N) is 2. The molecule has 0 radical (unpaired) electrons. The second-order valence-electron chi connectivity index (χ2n) is 10.3. The predicted octanol–water partition coefficient (Wildman–Crippen LogP) is 4.15. The van der Waals surface area contributed by atoms with Crippen LogP contribution in [0, 0.1) is 5.82 Å². The molecule has 46 heavy (non-hydrogen) atoms. The van der Waals surface area contributed by atoms with Gasteiger partial charge in [0.15, 0.2) is 6.61 Å². The summed E-state index contributed by atoms with van der Waals surface area (Å²) in [6.07, 6.45) is 0.603. The van der Waals surface area contributed by atoms with Gasteiger partial charge < -0.3 is 24.8 Å². The maximum Gasteiger partial charge on any atom is 0.261 e. The molecule has 4 aromatic carbocycles. The van der Waals surface area contributed by atoms with Crippen molar-refractivity contribution in [2.75, 3.05) is 31.6 Å². The lowest BCUT2D eigenvalue weighted by molar-refractivity contribution is -0.142. The number of sulfonamides is 1. The summed E-state index contributed by atoms with van der Waals surface area (Å²) in [4.78, 5) is 28.7. The minimum absolute atomic E-state index is 0.0564. The molecule has 3 N–H and O–H groups in total. The van der Waals surface area contributed by atoms with Crippen LogP contribution >= 0.6 is 0 Å². The van der Waals surface area contributed by atoms with E-state index in [-0.39, 0.29) is 48.4 Å². The number of benzene rings is 4. The molecule has 1 unspecified atom stereocenters. The maximum absolute atomic E-state index is 13.8. The summed E-state index contributed by atoms with van der Waals surface area (Å²) in [5.74, 6) is -0.447. The van der Waals surface area contributed by atoms with Gasteiger partial charge in [0, 0.05) is 31.8 Å². The van der Waals surface area contributed by atoms with Crippen molar-refractivity contribution in [3.8, 4) is 11.5 Å². The van der Waals surface area contributed by atoms with Crippen LogP contribution in [-0.2, 0) is 32.6 Å². The predicted molar refractivity (Wildman–Crippen MR) is 171 cm³/mol. The monoisotopic (exact) mass is 649 g/mol. The first-order chi connectivity index (χ1) is 22.2. The molecule has 0 saturated carbocycles. The van der Waals surface area contributed by atoms with E-state index < -0.39 is 34.4 Å². The van der Waals surface area contributed by atoms with Crippen LogP contribution in [-0.4, -0.2) is 63.1 Å². The number of rotatable bonds is 16. The van der Waals surface area contributed by atoms with Crippen LogP contribution in [0.4, 0.5) is 10.1 Å². The zero-order valence-corrected chi connectivity index (χ0v) is 26.1. The fourth-order valence-electron chi connectivity index (χ4n) is 4.57. The Morgan fingerprint density at radius 2 is 1.52 bits per heavy atom. The Morgan fingerprint density at radius 1 is 0.870 bits per heavy atom. The summed E-state index contributed by atoms with van der Waals surface area (Å²) in [7, 11) is -2.41. The highest BCUT2D eigenvalue weighted by Crippen LogP contribution is 2.21. The summed E-state index contributed by atoms with van der Waals surface area (Å²) in [5, 5.41) is 12.0. The third kappa shape index (κ3) is 9.78. The minimum Gasteiger partial charge on any atom is -0.497 e. The smallest absolute Gasteiger partial charge is 0.261 e. The molecule has 4 rings (SSSR count). The van der Waals surface area contributed by atoms with Gasteiger partial charge in [-0.05, 0) is 78.2 Å². The van der Waals surface area contributed by atoms with E-state index in [0.717, 1.165) is 23.3 Å². The fourth-order valence-corrected chi connectivity index (χ4v) is 5.62. The van der Waals surface area contributed by atoms with E-state index >= 15 is 0 Å². The van der Waals surface area contributed by atoms with Crippen LogP contribution in [0.25, 0.3) is 0 Å². The Labute approximate surface area is 267 Å². The van der Waals surface area contributed by atoms with E-state index in [2.05, 4.69) is 10.0 Å². The van der Waals surface area contributed by atoms with Crippen LogP contribution in [0.3, 0.4) is 0 Å². The van der Waals surface area contributed by atoms with Crippen molar-refractivity contribution in [2.24, 2.45) is 0 Å². The summed E-state index contributed by atoms with van der Waals surface area (Å²) in [5.41, 5.74) is 1.82. The highest BCUT2D eigenvalue weighted by molar-refractivity contribution is 7.92. The van der Waals surface area contributed by atoms with Gasteiger partial charge in [0.1, 0.15) is 23.4 Å². The normalized spacial score (nSPS) is 11.7. The van der Waals surface area contributed by atoms with Crippen molar-refractivity contribution in [1.29, 1.82) is 0 Å². The molecule has 0 aliphatic carbocycles. The zero-order chi connectivity index (χ0) is 32.9. The molecule has 12 heteroatoms. The Kier molecular flexibility index (Phi) is 12.1. The van der Waals surface area contributed by atoms with Crippen molar-refractivity contribution >= 4 is 27.5 Å². The van der Waals surface area contributed by atoms with E-state index in [1.54, 1.807) is 19.2 Å². The average molecular weight is 650 g/mol. The molecule has 0 aliphatic rings. The Bertz CT molecular complexity index is 1670. The Hall–Kier alpha value is -4.94. The lowest BCUT2D eigenvalue weighted by atomic mass is 10.0. The summed E-state index contributed by atoms with van der Waals surface area (Å²) < 4.78 is 52.2. The van der Waals surface area contributed by atoms with E-state index in [4.69, 9.17) is 9.47 Å². The van der Waals surface area contributed by atoms with E-state index in [1.165, 1.54) is 41.3 Å². The van der Waals surface area contributed by atoms with Gasteiger partial charge in [-0.2, -0.15) is 0 Å². The van der Waals surface area contributed by atoms with Crippen molar-refractivity contribution in [3.63, 3.8) is 0 Å². The van der Waals surface area contributed by atoms with Gasteiger partial charge in [0.25, 0.3) is 15.9 Å². The molecule has 0 aliphatic heterocycles. The topological polar surface area (TPSA) is 134 Å². The first-order valence-corrected chi connectivity index (χ1v) is 16.0. The van der Waals surface area contributed by atoms with E-state index in [0.29, 0.717) is 12.2 Å². The van der Waals surface area contributed by atoms with Gasteiger partial charge >= 0.3 is 0 Å². The summed E-state index contributed by atoms with van der Waals surface area (Å²) >= 11 is 0. The Morgan fingerprint density at radius 3 is 2.15 bits per heavy atom. The van der Waals surface area contributed by atoms with Crippen molar-refractivity contribution < 1.29 is 37.0 Å². The molecule has 0 heterocycles. The van der Waals surface area contributed by atoms with Crippen LogP contribution < -0.4 is 19.5 Å². The molecule has 242 valence electrons. The fraction of sp³-hybridized carbons (Fsp3) is 0.235. The second-order valence-corrected chi connectivity index (χ2v) is 12.0. The number of halogens is 1. The molecule has 0 fully saturated rings. The number of amides is 2. The minimum atomic E-state index is -3.96. The number of anilines is 1. The largest absolute Gasteiger partial charge is 0.497 e. The zero-order valence-electron chi connectivity index (χ0n) is 25.3. The molecule has 10 nitrogen and oxygen atoms in total. The number of aliphatic hydroxyl groups excluding tert-OH is 1. The maximum atomic E-state index is 13.8. The van der Waals surface area contributed by atoms with Crippen LogP contribution in [0.15, 0.2) is 108 Å². The SMILES string of the molecule is COc1ccc(CN(C(=O)COc2ccc(S(=O)(=O)Nc3ccc(F)cc3)cc2)C(Cc2ccccc2)C(=O)NCCCO)cc1. The van der Waals surface area contributed by atoms with Crippen molar-refractivity contribution in [1.82, 2.24) is 10.2 Å². The lowest BCUT2D eigenvalue weighted by Gasteiger charge is -2.31. The lowest BCUT2D eigenvalue weighted by Crippen LogP contribution is -2.51. The van der Waals surface area contributed by atoms with E-state index in [9.17, 15) is 27.5 Å². The van der Waals surface area contributed by atoms with E-state index in [1.807, 2.05) is 42.5 Å². The first kappa shape index (κ1) is 33.9. The number of carbonyl (C=O) groups is 2. The average Bonchev–Trinajstić information content (AvgIpc) is 3.07. The number of carbonyl (C=O) groups excluding carboxylic acids is 2. The number of methoxy groups -OCH3 is 1. The van der Waals surface area contributed by atoms with Crippen molar-refractivity contribution in [3.05, 3.63) is 120 Å². The van der Waals surface area contributed by atoms with Gasteiger partial charge in [0.2, 0.25) is 5.91 Å². The highest BCUT2D eigenvalue weighted by atomic mass is 32.2. The molecule has 4 aromatic rings. The first-order valence-electron chi connectivity index (χ1n) is 14.5. The molecule has 0 bridgehead atoms. The van der Waals surface area contributed by atoms with Gasteiger partial charge in [0.05, 0.1) is 12.0 Å². The quantitative estimate of drug-likeness (QED) is 0.155. The number of nitrogens with zero attached hydrogens (tertiary/aromatic N) is 1. The Balaban J connectivity index is 1.53. The van der Waals surface area contributed by atoms with Gasteiger partial charge in [-0.15, -0.1) is 0 Å². The molecule has 0 aromatic heterocycles. The third-order valence-corrected chi connectivity index (χ3v) is 8.41. The molecular formula is C34H36FN3O7S. The third-order valence-electron chi connectivity index (χ3n) is 7.01. The number of hydrogen-bond acceptors (Lipinski definition) is 7. The number of ether oxygens (including phenoxy) is 2. The summed E-state index contributed by atoms with van der Waals surface area (Å²) in [6.45, 7) is -0.171. The van der Waals surface area contributed by atoms with Gasteiger partial charge in [-0.3, -0.25) is 14.3 Å². The molecule has 2 amide bonds. The van der Waals surface area contributed by atoms with Gasteiger partial charge in [-0.25, -0.2) is 12.8 Å². The van der Waals surface area contributed by atoms with Crippen molar-refractivity contribution in [2.45, 2.75) is 30.3 Å². The highest BCUT2D eigenvalue weighted by Gasteiger charge is 2.30. The molecular weight excluding hydrogens is 613 g/mol. The second kappa shape index (κ2) is 16.4. The number of hydrogen-bond donors (Lipinski definition) is 3.